The number of ketones is 2. The number of aliphatic hydroxyl groups is 12. The largest absolute Gasteiger partial charge is 0.389 e. The number of urea groups is 1. The van der Waals surface area contributed by atoms with Gasteiger partial charge in [0, 0.05) is 134 Å². The highest BCUT2D eigenvalue weighted by atomic mass is 32.2. The summed E-state index contributed by atoms with van der Waals surface area (Å²) < 4.78 is 73.8. The number of carbonyl (C=O) groups excluding carboxylic acids is 3. The molecule has 0 aromatic heterocycles. The van der Waals surface area contributed by atoms with E-state index in [1.165, 1.54) is 23.5 Å². The molecule has 6 saturated heterocycles. The minimum atomic E-state index is -1.65. The quantitative estimate of drug-likeness (QED) is 0.0185. The zero-order chi connectivity index (χ0) is 93.4. The van der Waals surface area contributed by atoms with Crippen LogP contribution in [0.15, 0.2) is 42.5 Å². The van der Waals surface area contributed by atoms with Crippen LogP contribution in [-0.4, -0.2) is 428 Å². The zero-order valence-corrected chi connectivity index (χ0v) is 74.7. The minimum absolute atomic E-state index is 0.0302. The molecule has 38 atom stereocenters. The van der Waals surface area contributed by atoms with Crippen molar-refractivity contribution >= 4 is 81.5 Å². The average Bonchev–Trinajstić information content (AvgIpc) is 1.33. The second-order valence-electron chi connectivity index (χ2n) is 34.0. The maximum absolute atomic E-state index is 13.4. The number of thiocarbonyl (C=S) groups is 2. The van der Waals surface area contributed by atoms with Crippen molar-refractivity contribution in [1.29, 1.82) is 0 Å². The lowest BCUT2D eigenvalue weighted by atomic mass is 9.84. The van der Waals surface area contributed by atoms with Crippen LogP contribution in [-0.2, 0) is 56.8 Å². The third kappa shape index (κ3) is 26.3. The van der Waals surface area contributed by atoms with E-state index in [4.69, 9.17) is 150 Å². The Bertz CT molecular complexity index is 3880. The van der Waals surface area contributed by atoms with Crippen LogP contribution in [0.1, 0.15) is 83.2 Å². The Hall–Kier alpha value is -4.35. The molecule has 2 aromatic carbocycles. The number of carbonyl (C=O) groups is 3. The van der Waals surface area contributed by atoms with Crippen LogP contribution in [0, 0.1) is 0 Å². The number of fused-ring (bicyclic) bond motifs is 2. The van der Waals surface area contributed by atoms with Crippen LogP contribution in [0.2, 0.25) is 0 Å². The van der Waals surface area contributed by atoms with E-state index in [9.17, 15) is 75.7 Å². The lowest BCUT2D eigenvalue weighted by Crippen LogP contribution is -2.68. The SMILES string of the molecule is NCC1O[C@@H](O[C@@H]2C(N)C[C@@H](N)C(O)[C@H]2OC2O[C@H](CSCCNC(=O)NCCCCN(CCCCCNC(=S)Nc3ccc4c(c3)C(=O)c3ccccc3C4=O)CCCNC(=S)NCCSC[C@H]3OC(O[C@@H]4C(O)[C@H](N)CC(N)[C@H]4O[C@@H]4OC(CN)[C@@H](O)[C@H](O)C4N)[C@@H](O)[C@H]3O[C@H]3O[C@@H](CN)[C@@H](O)C(O)C3N)[C@H](O[C@H]3O[C@@H](CN)[C@@H](O)C(O)C3N)[C@@H]2O)C(N)[C@@H](O)[C@@H]1O. The van der Waals surface area contributed by atoms with Crippen molar-refractivity contribution in [2.24, 2.45) is 68.8 Å². The lowest BCUT2D eigenvalue weighted by molar-refractivity contribution is -0.306. The highest BCUT2D eigenvalue weighted by Crippen LogP contribution is 2.40. The molecule has 46 nitrogen and oxygen atoms in total. The Morgan fingerprint density at radius 3 is 1.16 bits per heavy atom. The molecule has 9 aliphatic rings. The Morgan fingerprint density at radius 1 is 0.372 bits per heavy atom. The molecule has 0 spiro atoms. The minimum Gasteiger partial charge on any atom is -0.389 e. The molecule has 129 heavy (non-hydrogen) atoms. The number of nitrogens with two attached hydrogens (primary N) is 12. The van der Waals surface area contributed by atoms with E-state index < -0.39 is 239 Å². The third-order valence-electron chi connectivity index (χ3n) is 24.8. The molecule has 3 aliphatic carbocycles. The number of hydrogen-bond donors (Lipinski definition) is 30. The van der Waals surface area contributed by atoms with E-state index in [2.05, 4.69) is 36.8 Å². The van der Waals surface area contributed by atoms with Crippen LogP contribution in [0.4, 0.5) is 10.5 Å². The number of amides is 2. The highest BCUT2D eigenvalue weighted by Gasteiger charge is 2.58. The summed E-state index contributed by atoms with van der Waals surface area (Å²) in [7, 11) is 0. The Labute approximate surface area is 765 Å². The first kappa shape index (κ1) is 105. The molecule has 0 radical (unpaired) electrons. The van der Waals surface area contributed by atoms with Crippen LogP contribution in [0.25, 0.3) is 0 Å². The molecule has 8 fully saturated rings. The number of anilines is 1. The Kier molecular flexibility index (Phi) is 40.4. The van der Waals surface area contributed by atoms with E-state index in [-0.39, 0.29) is 68.6 Å². The van der Waals surface area contributed by atoms with Gasteiger partial charge in [-0.25, -0.2) is 4.79 Å². The number of unbranched alkanes of at least 4 members (excludes halogenated alkanes) is 3. The van der Waals surface area contributed by atoms with Gasteiger partial charge in [0.15, 0.2) is 59.5 Å². The zero-order valence-electron chi connectivity index (χ0n) is 71.5. The first-order valence-electron chi connectivity index (χ1n) is 43.8. The summed E-state index contributed by atoms with van der Waals surface area (Å²) in [6.07, 6.45) is -36.5. The number of benzene rings is 2. The average molecular weight is 1910 g/mol. The molecule has 0 bridgehead atoms. The van der Waals surface area contributed by atoms with Gasteiger partial charge in [-0.1, -0.05) is 30.7 Å². The number of aliphatic hydroxyl groups excluding tert-OH is 12. The second-order valence-corrected chi connectivity index (χ2v) is 37.1. The van der Waals surface area contributed by atoms with Crippen LogP contribution in [0.5, 0.6) is 0 Å². The molecule has 11 rings (SSSR count). The molecule has 2 saturated carbocycles. The van der Waals surface area contributed by atoms with Gasteiger partial charge in [0.1, 0.15) is 122 Å². The summed E-state index contributed by atoms with van der Waals surface area (Å²) in [6, 6.07) is 2.32. The number of hydrogen-bond acceptors (Lipinski definition) is 44. The first-order chi connectivity index (χ1) is 61.7. The summed E-state index contributed by atoms with van der Waals surface area (Å²) in [5, 5.41) is 152. The summed E-state index contributed by atoms with van der Waals surface area (Å²) in [4.78, 5) is 42.2. The molecule has 6 heterocycles. The van der Waals surface area contributed by atoms with Crippen molar-refractivity contribution in [2.45, 2.75) is 284 Å². The van der Waals surface area contributed by atoms with E-state index in [1.54, 1.807) is 42.5 Å². The smallest absolute Gasteiger partial charge is 0.314 e. The lowest BCUT2D eigenvalue weighted by Gasteiger charge is -2.47. The second kappa shape index (κ2) is 49.6. The highest BCUT2D eigenvalue weighted by molar-refractivity contribution is 7.99. The summed E-state index contributed by atoms with van der Waals surface area (Å²) in [6.45, 7) is 3.25. The molecule has 6 aliphatic heterocycles. The fourth-order valence-corrected chi connectivity index (χ4v) is 19.4. The fourth-order valence-electron chi connectivity index (χ4n) is 17.2. The number of nitrogens with one attached hydrogen (secondary N) is 6. The molecule has 14 unspecified atom stereocenters. The Morgan fingerprint density at radius 2 is 0.713 bits per heavy atom. The summed E-state index contributed by atoms with van der Waals surface area (Å²) in [5.74, 6) is 0.577. The van der Waals surface area contributed by atoms with Gasteiger partial charge in [0.05, 0.1) is 48.6 Å². The van der Waals surface area contributed by atoms with Crippen molar-refractivity contribution < 1.29 is 133 Å². The normalized spacial score (nSPS) is 39.4. The van der Waals surface area contributed by atoms with Gasteiger partial charge in [-0.15, -0.1) is 0 Å². The van der Waals surface area contributed by atoms with Crippen LogP contribution in [0.3, 0.4) is 0 Å². The number of ether oxygens (including phenoxy) is 12. The maximum Gasteiger partial charge on any atom is 0.314 e. The summed E-state index contributed by atoms with van der Waals surface area (Å²) in [5.41, 5.74) is 76.3. The van der Waals surface area contributed by atoms with Crippen molar-refractivity contribution in [3.05, 3.63) is 64.7 Å². The number of nitrogens with zero attached hydrogens (tertiary/aromatic N) is 1. The fraction of sp³-hybridized carbons (Fsp3) is 0.785. The molecule has 50 heteroatoms. The van der Waals surface area contributed by atoms with Gasteiger partial charge in [-0.3, -0.25) is 9.59 Å². The van der Waals surface area contributed by atoms with Gasteiger partial charge >= 0.3 is 6.03 Å². The summed E-state index contributed by atoms with van der Waals surface area (Å²) >= 11 is 14.1. The van der Waals surface area contributed by atoms with Crippen molar-refractivity contribution in [3.63, 3.8) is 0 Å². The molecule has 732 valence electrons. The van der Waals surface area contributed by atoms with E-state index >= 15 is 0 Å². The number of thioether (sulfide) groups is 2. The Balaban J connectivity index is 0.650. The maximum atomic E-state index is 13.4. The molecular weight excluding hydrogens is 1780 g/mol. The van der Waals surface area contributed by atoms with Crippen molar-refractivity contribution in [2.75, 3.05) is 107 Å². The molecule has 42 N–H and O–H groups in total. The molecule has 2 aromatic rings. The predicted octanol–water partition coefficient (Wildman–Crippen LogP) is -12.1. The predicted molar refractivity (Wildman–Crippen MR) is 475 cm³/mol. The van der Waals surface area contributed by atoms with Crippen LogP contribution >= 0.6 is 48.0 Å². The third-order valence-corrected chi connectivity index (χ3v) is 27.4. The number of rotatable bonds is 42. The monoisotopic (exact) mass is 1910 g/mol. The first-order valence-corrected chi connectivity index (χ1v) is 47.0. The van der Waals surface area contributed by atoms with Gasteiger partial charge in [0.2, 0.25) is 0 Å². The van der Waals surface area contributed by atoms with Crippen molar-refractivity contribution in [3.8, 4) is 0 Å². The van der Waals surface area contributed by atoms with Crippen molar-refractivity contribution in [1.82, 2.24) is 31.5 Å². The molecule has 2 amide bonds. The molecular formula is C79H135N19O27S4. The topological polar surface area (TPSA) is 792 Å². The van der Waals surface area contributed by atoms with E-state index in [1.807, 2.05) is 0 Å². The van der Waals surface area contributed by atoms with Crippen LogP contribution < -0.4 is 101 Å². The van der Waals surface area contributed by atoms with E-state index in [0.29, 0.717) is 102 Å². The van der Waals surface area contributed by atoms with Gasteiger partial charge in [-0.2, -0.15) is 23.5 Å². The van der Waals surface area contributed by atoms with Gasteiger partial charge < -0.3 is 224 Å². The van der Waals surface area contributed by atoms with E-state index in [0.717, 1.165) is 32.2 Å². The standard InChI is InChI=1S/C79H135N19O27S4/c80-26-41-55(103)59(107)47(88)71(114-41)120-65-39(86)24-37(84)53(101)69(65)124-75-63(111)67(122-73-49(90)61(109)57(105)43(28-82)116-73)45(118-75)30-128-21-16-93-77(113)92-13-5-7-19-98(18-6-1-4-14-95-79(127)97-32-11-12-35-36(23-32)52(100)34-10-3-2-9-33(34)51(35)99)20-8-15-94-78(126)96-17-22-129-31-46-68(123-74-50(91)62(110)58(106)44(29-83)117-74)64(112)76(119-46)125-70-54(102)38(85)25-40(87)66(70)121-72-48(89)60(108)56(104)42(27-81)115-72/h2-3,9-12,23,37-50,53-76,101-112H,1,4-8,13-22,24-31,80-91H2,(H2,92,93,113)(H2,94,96,126)(H2,95,97,127)/t37-,38-,39?,40?,41?,42?,43+,44+,45-,46-,47?,48?,49?,50?,53?,54?,55-,56-,57-,58-,59-,60-,61?,62?,63+,64+,65-,66-,67+,68+,69-,70-,71+,72+,73-,74-,75?,76?/m1/s1. The van der Waals surface area contributed by atoms with Gasteiger partial charge in [0.25, 0.3) is 0 Å². The van der Waals surface area contributed by atoms with Gasteiger partial charge in [-0.05, 0) is 107 Å².